The average molecular weight is 371 g/mol. The molecule has 6 nitrogen and oxygen atoms in total. The Bertz CT molecular complexity index is 758. The second-order valence-corrected chi connectivity index (χ2v) is 8.24. The van der Waals surface area contributed by atoms with Crippen LogP contribution in [0.25, 0.3) is 0 Å². The molecule has 27 heavy (non-hydrogen) atoms. The summed E-state index contributed by atoms with van der Waals surface area (Å²) in [5.41, 5.74) is 3.46. The maximum atomic E-state index is 4.67. The van der Waals surface area contributed by atoms with Crippen molar-refractivity contribution in [2.24, 2.45) is 0 Å². The van der Waals surface area contributed by atoms with Crippen LogP contribution in [0, 0.1) is 20.8 Å². The average Bonchev–Trinajstić information content (AvgIpc) is 2.98. The summed E-state index contributed by atoms with van der Waals surface area (Å²) in [5.74, 6) is 2.39. The number of hydrogen-bond donors (Lipinski definition) is 1. The molecule has 0 saturated carbocycles. The van der Waals surface area contributed by atoms with Crippen molar-refractivity contribution in [2.45, 2.75) is 72.4 Å². The monoisotopic (exact) mass is 370 g/mol. The van der Waals surface area contributed by atoms with E-state index in [-0.39, 0.29) is 0 Å². The van der Waals surface area contributed by atoms with Gasteiger partial charge in [0.25, 0.3) is 0 Å². The molecule has 1 fully saturated rings. The number of anilines is 1. The number of nitrogens with zero attached hydrogens (tertiary/aromatic N) is 5. The summed E-state index contributed by atoms with van der Waals surface area (Å²) >= 11 is 0. The van der Waals surface area contributed by atoms with Crippen molar-refractivity contribution >= 4 is 5.82 Å². The Morgan fingerprint density at radius 1 is 1.07 bits per heavy atom. The topological polar surface area (TPSA) is 58.9 Å². The Morgan fingerprint density at radius 3 is 2.37 bits per heavy atom. The lowest BCUT2D eigenvalue weighted by Gasteiger charge is -2.34. The van der Waals surface area contributed by atoms with Gasteiger partial charge in [0.2, 0.25) is 0 Å². The molecule has 0 aromatic carbocycles. The lowest BCUT2D eigenvalue weighted by Crippen LogP contribution is -2.44. The van der Waals surface area contributed by atoms with Crippen LogP contribution in [0.2, 0.25) is 0 Å². The second-order valence-electron chi connectivity index (χ2n) is 8.24. The minimum Gasteiger partial charge on any atom is -0.356 e. The van der Waals surface area contributed by atoms with Crippen LogP contribution in [0.1, 0.15) is 68.5 Å². The third kappa shape index (κ3) is 4.86. The highest BCUT2D eigenvalue weighted by molar-refractivity contribution is 5.41. The van der Waals surface area contributed by atoms with Crippen LogP contribution in [0.3, 0.4) is 0 Å². The van der Waals surface area contributed by atoms with Gasteiger partial charge in [-0.2, -0.15) is 5.10 Å². The zero-order valence-electron chi connectivity index (χ0n) is 17.7. The summed E-state index contributed by atoms with van der Waals surface area (Å²) in [4.78, 5) is 11.7. The lowest BCUT2D eigenvalue weighted by atomic mass is 10.0. The van der Waals surface area contributed by atoms with Crippen LogP contribution >= 0.6 is 0 Å². The quantitative estimate of drug-likeness (QED) is 0.843. The first kappa shape index (κ1) is 19.8. The van der Waals surface area contributed by atoms with Crippen molar-refractivity contribution in [1.82, 2.24) is 25.1 Å². The maximum Gasteiger partial charge on any atom is 0.132 e. The maximum absolute atomic E-state index is 4.67. The van der Waals surface area contributed by atoms with Crippen molar-refractivity contribution in [3.05, 3.63) is 35.0 Å². The largest absolute Gasteiger partial charge is 0.356 e. The third-order valence-electron chi connectivity index (χ3n) is 5.42. The highest BCUT2D eigenvalue weighted by atomic mass is 15.3. The van der Waals surface area contributed by atoms with Crippen LogP contribution in [0.4, 0.5) is 5.82 Å². The van der Waals surface area contributed by atoms with E-state index in [1.807, 2.05) is 6.92 Å². The van der Waals surface area contributed by atoms with E-state index in [2.05, 4.69) is 76.7 Å². The molecule has 3 rings (SSSR count). The number of piperidine rings is 1. The Balaban J connectivity index is 1.53. The molecule has 0 spiro atoms. The fourth-order valence-corrected chi connectivity index (χ4v) is 3.86. The van der Waals surface area contributed by atoms with Crippen molar-refractivity contribution in [1.29, 1.82) is 0 Å². The Labute approximate surface area is 163 Å². The summed E-state index contributed by atoms with van der Waals surface area (Å²) in [5, 5.41) is 8.36. The van der Waals surface area contributed by atoms with E-state index >= 15 is 0 Å². The van der Waals surface area contributed by atoms with E-state index in [4.69, 9.17) is 0 Å². The second kappa shape index (κ2) is 8.38. The molecule has 3 heterocycles. The van der Waals surface area contributed by atoms with Crippen molar-refractivity contribution in [2.75, 3.05) is 24.5 Å². The molecule has 2 aromatic heterocycles. The van der Waals surface area contributed by atoms with Crippen LogP contribution < -0.4 is 10.2 Å². The zero-order chi connectivity index (χ0) is 19.6. The van der Waals surface area contributed by atoms with Gasteiger partial charge in [-0.15, -0.1) is 0 Å². The van der Waals surface area contributed by atoms with Crippen molar-refractivity contribution in [3.8, 4) is 0 Å². The molecular formula is C21H34N6. The minimum absolute atomic E-state index is 0.370. The van der Waals surface area contributed by atoms with E-state index in [9.17, 15) is 0 Å². The van der Waals surface area contributed by atoms with E-state index < -0.39 is 0 Å². The van der Waals surface area contributed by atoms with Gasteiger partial charge in [-0.3, -0.25) is 4.68 Å². The van der Waals surface area contributed by atoms with Gasteiger partial charge in [-0.25, -0.2) is 9.97 Å². The Hall–Kier alpha value is -1.95. The number of aromatic nitrogens is 4. The van der Waals surface area contributed by atoms with Gasteiger partial charge in [-0.1, -0.05) is 13.8 Å². The fraction of sp³-hybridized carbons (Fsp3) is 0.667. The molecule has 1 unspecified atom stereocenters. The van der Waals surface area contributed by atoms with Gasteiger partial charge in [-0.05, 0) is 52.5 Å². The van der Waals surface area contributed by atoms with Crippen LogP contribution in [-0.4, -0.2) is 45.4 Å². The summed E-state index contributed by atoms with van der Waals surface area (Å²) in [6.45, 7) is 15.8. The van der Waals surface area contributed by atoms with Gasteiger partial charge in [0.05, 0.1) is 11.7 Å². The molecule has 1 N–H and O–H groups in total. The van der Waals surface area contributed by atoms with Crippen molar-refractivity contribution in [3.63, 3.8) is 0 Å². The van der Waals surface area contributed by atoms with Crippen LogP contribution in [-0.2, 0) is 0 Å². The number of aryl methyl sites for hydroxylation is 3. The van der Waals surface area contributed by atoms with Crippen LogP contribution in [0.5, 0.6) is 0 Å². The molecule has 0 amide bonds. The number of nitrogens with one attached hydrogen (secondary N) is 1. The van der Waals surface area contributed by atoms with E-state index in [1.165, 1.54) is 5.69 Å². The molecule has 2 aromatic rings. The van der Waals surface area contributed by atoms with Crippen LogP contribution in [0.15, 0.2) is 12.1 Å². The Kier molecular flexibility index (Phi) is 6.15. The van der Waals surface area contributed by atoms with Gasteiger partial charge >= 0.3 is 0 Å². The highest BCUT2D eigenvalue weighted by Gasteiger charge is 2.22. The minimum atomic E-state index is 0.370. The SMILES string of the molecule is Cc1cc(C)n(C(C)CNC2CCN(c3cc(C(C)C)nc(C)n3)CC2)n1. The van der Waals surface area contributed by atoms with Gasteiger partial charge < -0.3 is 10.2 Å². The smallest absolute Gasteiger partial charge is 0.132 e. The molecule has 0 bridgehead atoms. The summed E-state index contributed by atoms with van der Waals surface area (Å²) < 4.78 is 2.13. The van der Waals surface area contributed by atoms with Gasteiger partial charge in [0, 0.05) is 43.1 Å². The lowest BCUT2D eigenvalue weighted by molar-refractivity contribution is 0.366. The molecule has 1 aliphatic rings. The van der Waals surface area contributed by atoms with E-state index in [1.54, 1.807) is 0 Å². The zero-order valence-corrected chi connectivity index (χ0v) is 17.7. The number of rotatable bonds is 6. The molecular weight excluding hydrogens is 336 g/mol. The molecule has 0 aliphatic carbocycles. The fourth-order valence-electron chi connectivity index (χ4n) is 3.86. The standard InChI is InChI=1S/C21H34N6/c1-14(2)20-12-21(24-18(6)23-20)26-9-7-19(8-10-26)22-13-17(5)27-16(4)11-15(3)25-27/h11-12,14,17,19,22H,7-10,13H2,1-6H3. The van der Waals surface area contributed by atoms with Gasteiger partial charge in [0.15, 0.2) is 0 Å². The molecule has 1 aliphatic heterocycles. The molecule has 6 heteroatoms. The normalized spacial score (nSPS) is 16.9. The van der Waals surface area contributed by atoms with Gasteiger partial charge in [0.1, 0.15) is 11.6 Å². The summed E-state index contributed by atoms with van der Waals surface area (Å²) in [6, 6.07) is 5.24. The summed E-state index contributed by atoms with van der Waals surface area (Å²) in [6.07, 6.45) is 2.29. The number of hydrogen-bond acceptors (Lipinski definition) is 5. The molecule has 0 radical (unpaired) electrons. The van der Waals surface area contributed by atoms with Crippen molar-refractivity contribution < 1.29 is 0 Å². The predicted molar refractivity (Wildman–Crippen MR) is 111 cm³/mol. The third-order valence-corrected chi connectivity index (χ3v) is 5.42. The molecule has 1 atom stereocenters. The molecule has 1 saturated heterocycles. The first-order valence-corrected chi connectivity index (χ1v) is 10.2. The first-order chi connectivity index (χ1) is 12.8. The summed E-state index contributed by atoms with van der Waals surface area (Å²) in [7, 11) is 0. The van der Waals surface area contributed by atoms with E-state index in [0.717, 1.165) is 55.5 Å². The predicted octanol–water partition coefficient (Wildman–Crippen LogP) is 3.54. The molecule has 148 valence electrons. The highest BCUT2D eigenvalue weighted by Crippen LogP contribution is 2.22. The Morgan fingerprint density at radius 2 is 1.78 bits per heavy atom. The first-order valence-electron chi connectivity index (χ1n) is 10.2. The van der Waals surface area contributed by atoms with E-state index in [0.29, 0.717) is 18.0 Å².